The largest absolute Gasteiger partial charge is 0.292 e. The second kappa shape index (κ2) is 5.20. The fraction of sp³-hybridized carbons (Fsp3) is 0.0667. The smallest absolute Gasteiger partial charge is 0.188 e. The molecule has 0 saturated heterocycles. The minimum atomic E-state index is 0.0529. The van der Waals surface area contributed by atoms with E-state index in [0.717, 1.165) is 10.6 Å². The summed E-state index contributed by atoms with van der Waals surface area (Å²) in [7, 11) is 0. The molecular weight excluding hydrogens is 256 g/mol. The molecule has 0 radical (unpaired) electrons. The van der Waals surface area contributed by atoms with Gasteiger partial charge in [0.15, 0.2) is 5.78 Å². The number of nitrogens with zero attached hydrogens (tertiary/aromatic N) is 2. The van der Waals surface area contributed by atoms with Crippen LogP contribution in [0.15, 0.2) is 60.1 Å². The van der Waals surface area contributed by atoms with Gasteiger partial charge >= 0.3 is 0 Å². The number of para-hydroxylation sites is 1. The molecule has 94 valence electrons. The Labute approximate surface area is 115 Å². The van der Waals surface area contributed by atoms with Crippen molar-refractivity contribution < 1.29 is 4.79 Å². The van der Waals surface area contributed by atoms with Gasteiger partial charge in [0, 0.05) is 17.5 Å². The van der Waals surface area contributed by atoms with Gasteiger partial charge in [0.25, 0.3) is 0 Å². The van der Waals surface area contributed by atoms with E-state index in [9.17, 15) is 4.79 Å². The van der Waals surface area contributed by atoms with Crippen LogP contribution >= 0.6 is 11.3 Å². The molecule has 0 saturated carbocycles. The van der Waals surface area contributed by atoms with E-state index in [4.69, 9.17) is 0 Å². The van der Waals surface area contributed by atoms with Crippen molar-refractivity contribution in [1.82, 2.24) is 9.78 Å². The summed E-state index contributed by atoms with van der Waals surface area (Å²) in [4.78, 5) is 13.2. The quantitative estimate of drug-likeness (QED) is 0.680. The summed E-state index contributed by atoms with van der Waals surface area (Å²) in [5.41, 5.74) is 1.47. The van der Waals surface area contributed by atoms with Crippen molar-refractivity contribution >= 4 is 17.1 Å². The zero-order chi connectivity index (χ0) is 13.1. The first-order valence-electron chi connectivity index (χ1n) is 5.99. The normalized spacial score (nSPS) is 10.5. The number of ketones is 1. The monoisotopic (exact) mass is 268 g/mol. The van der Waals surface area contributed by atoms with Gasteiger partial charge in [0.05, 0.1) is 5.69 Å². The molecule has 0 aliphatic carbocycles. The molecule has 3 aromatic rings. The van der Waals surface area contributed by atoms with E-state index >= 15 is 0 Å². The molecule has 3 rings (SSSR count). The highest BCUT2D eigenvalue weighted by molar-refractivity contribution is 7.10. The number of thiophene rings is 1. The topological polar surface area (TPSA) is 34.9 Å². The van der Waals surface area contributed by atoms with Crippen LogP contribution < -0.4 is 0 Å². The third-order valence-corrected chi connectivity index (χ3v) is 3.69. The van der Waals surface area contributed by atoms with Crippen LogP contribution in [0.5, 0.6) is 0 Å². The second-order valence-corrected chi connectivity index (χ2v) is 5.19. The highest BCUT2D eigenvalue weighted by atomic mass is 32.1. The van der Waals surface area contributed by atoms with Crippen LogP contribution in [0, 0.1) is 0 Å². The van der Waals surface area contributed by atoms with Crippen LogP contribution in [0.25, 0.3) is 5.69 Å². The molecule has 0 unspecified atom stereocenters. The molecule has 0 N–H and O–H groups in total. The Balaban J connectivity index is 1.80. The van der Waals surface area contributed by atoms with Gasteiger partial charge in [-0.3, -0.25) is 4.79 Å². The van der Waals surface area contributed by atoms with Crippen molar-refractivity contribution in [3.63, 3.8) is 0 Å². The van der Waals surface area contributed by atoms with E-state index in [-0.39, 0.29) is 5.78 Å². The molecular formula is C15H12N2OS. The molecule has 0 amide bonds. The maximum Gasteiger partial charge on any atom is 0.188 e. The Hall–Kier alpha value is -2.20. The molecule has 0 aliphatic heterocycles. The fourth-order valence-electron chi connectivity index (χ4n) is 1.86. The Morgan fingerprint density at radius 1 is 1.11 bits per heavy atom. The van der Waals surface area contributed by atoms with Gasteiger partial charge in [-0.25, -0.2) is 4.68 Å². The Kier molecular flexibility index (Phi) is 3.25. The molecule has 0 aliphatic rings. The fourth-order valence-corrected chi connectivity index (χ4v) is 2.56. The first-order valence-corrected chi connectivity index (χ1v) is 6.87. The van der Waals surface area contributed by atoms with Gasteiger partial charge in [0.2, 0.25) is 0 Å². The number of hydrogen-bond donors (Lipinski definition) is 0. The maximum absolute atomic E-state index is 12.1. The summed E-state index contributed by atoms with van der Waals surface area (Å²) in [6.07, 6.45) is 2.24. The van der Waals surface area contributed by atoms with Crippen LogP contribution in [0.3, 0.4) is 0 Å². The standard InChI is InChI=1S/C15H12N2OS/c18-15(11-13-7-4-10-19-13)14-8-9-17(16-14)12-5-2-1-3-6-12/h1-10H,11H2. The summed E-state index contributed by atoms with van der Waals surface area (Å²) < 4.78 is 1.72. The van der Waals surface area contributed by atoms with E-state index in [2.05, 4.69) is 5.10 Å². The Morgan fingerprint density at radius 2 is 1.95 bits per heavy atom. The summed E-state index contributed by atoms with van der Waals surface area (Å²) in [5.74, 6) is 0.0529. The molecule has 2 aromatic heterocycles. The van der Waals surface area contributed by atoms with Gasteiger partial charge in [-0.2, -0.15) is 5.10 Å². The molecule has 1 aromatic carbocycles. The number of carbonyl (C=O) groups is 1. The number of aromatic nitrogens is 2. The summed E-state index contributed by atoms with van der Waals surface area (Å²) in [6, 6.07) is 15.5. The lowest BCUT2D eigenvalue weighted by molar-refractivity contribution is 0.0988. The first kappa shape index (κ1) is 11.9. The Morgan fingerprint density at radius 3 is 2.68 bits per heavy atom. The van der Waals surface area contributed by atoms with E-state index in [1.165, 1.54) is 0 Å². The second-order valence-electron chi connectivity index (χ2n) is 4.16. The van der Waals surface area contributed by atoms with E-state index < -0.39 is 0 Å². The molecule has 0 atom stereocenters. The maximum atomic E-state index is 12.1. The van der Waals surface area contributed by atoms with E-state index in [0.29, 0.717) is 12.1 Å². The van der Waals surface area contributed by atoms with E-state index in [1.54, 1.807) is 22.1 Å². The van der Waals surface area contributed by atoms with Crippen LogP contribution in [-0.4, -0.2) is 15.6 Å². The summed E-state index contributed by atoms with van der Waals surface area (Å²) in [6.45, 7) is 0. The van der Waals surface area contributed by atoms with Gasteiger partial charge in [-0.15, -0.1) is 11.3 Å². The Bertz CT molecular complexity index is 671. The predicted octanol–water partition coefficient (Wildman–Crippen LogP) is 3.36. The summed E-state index contributed by atoms with van der Waals surface area (Å²) in [5, 5.41) is 6.31. The zero-order valence-electron chi connectivity index (χ0n) is 10.2. The highest BCUT2D eigenvalue weighted by Gasteiger charge is 2.11. The van der Waals surface area contributed by atoms with E-state index in [1.807, 2.05) is 54.0 Å². The average Bonchev–Trinajstić information content (AvgIpc) is 3.10. The number of carbonyl (C=O) groups excluding carboxylic acids is 1. The first-order chi connectivity index (χ1) is 9.33. The molecule has 0 spiro atoms. The zero-order valence-corrected chi connectivity index (χ0v) is 11.0. The number of hydrogen-bond acceptors (Lipinski definition) is 3. The average molecular weight is 268 g/mol. The lowest BCUT2D eigenvalue weighted by Gasteiger charge is -1.99. The third-order valence-electron chi connectivity index (χ3n) is 2.81. The van der Waals surface area contributed by atoms with Crippen LogP contribution in [-0.2, 0) is 6.42 Å². The molecule has 0 bridgehead atoms. The summed E-state index contributed by atoms with van der Waals surface area (Å²) >= 11 is 1.59. The molecule has 2 heterocycles. The molecule has 0 fully saturated rings. The van der Waals surface area contributed by atoms with Crippen LogP contribution in [0.2, 0.25) is 0 Å². The number of benzene rings is 1. The van der Waals surface area contributed by atoms with Crippen molar-refractivity contribution in [2.45, 2.75) is 6.42 Å². The minimum Gasteiger partial charge on any atom is -0.292 e. The predicted molar refractivity (Wildman–Crippen MR) is 75.9 cm³/mol. The third kappa shape index (κ3) is 2.63. The minimum absolute atomic E-state index is 0.0529. The van der Waals surface area contributed by atoms with Gasteiger partial charge in [-0.05, 0) is 29.6 Å². The van der Waals surface area contributed by atoms with Gasteiger partial charge in [-0.1, -0.05) is 24.3 Å². The van der Waals surface area contributed by atoms with Crippen LogP contribution in [0.1, 0.15) is 15.4 Å². The lowest BCUT2D eigenvalue weighted by atomic mass is 10.2. The van der Waals surface area contributed by atoms with Crippen molar-refractivity contribution in [3.8, 4) is 5.69 Å². The van der Waals surface area contributed by atoms with Gasteiger partial charge in [0.1, 0.15) is 5.69 Å². The van der Waals surface area contributed by atoms with Crippen molar-refractivity contribution in [2.24, 2.45) is 0 Å². The van der Waals surface area contributed by atoms with Gasteiger partial charge < -0.3 is 0 Å². The van der Waals surface area contributed by atoms with Crippen molar-refractivity contribution in [2.75, 3.05) is 0 Å². The molecule has 3 nitrogen and oxygen atoms in total. The number of rotatable bonds is 4. The SMILES string of the molecule is O=C(Cc1cccs1)c1ccn(-c2ccccc2)n1. The van der Waals surface area contributed by atoms with Crippen molar-refractivity contribution in [3.05, 3.63) is 70.7 Å². The molecule has 4 heteroatoms. The lowest BCUT2D eigenvalue weighted by Crippen LogP contribution is -2.04. The molecule has 19 heavy (non-hydrogen) atoms. The highest BCUT2D eigenvalue weighted by Crippen LogP contribution is 2.13. The van der Waals surface area contributed by atoms with Crippen LogP contribution in [0.4, 0.5) is 0 Å². The number of Topliss-reactive ketones (excluding diaryl/α,β-unsaturated/α-hetero) is 1. The van der Waals surface area contributed by atoms with Crippen molar-refractivity contribution in [1.29, 1.82) is 0 Å².